The number of benzene rings is 2. The molecule has 29 heavy (non-hydrogen) atoms. The van der Waals surface area contributed by atoms with E-state index in [1.807, 2.05) is 0 Å². The number of methoxy groups -OCH3 is 1. The molecule has 1 N–H and O–H groups in total. The van der Waals surface area contributed by atoms with Gasteiger partial charge in [-0.1, -0.05) is 12.2 Å². The van der Waals surface area contributed by atoms with Crippen molar-refractivity contribution in [1.29, 1.82) is 0 Å². The minimum absolute atomic E-state index is 0.118. The van der Waals surface area contributed by atoms with Crippen LogP contribution >= 0.6 is 0 Å². The first kappa shape index (κ1) is 17.7. The number of carbonyl (C=O) groups is 3. The molecule has 0 radical (unpaired) electrons. The number of allylic oxidation sites excluding steroid dienone is 2. The molecule has 146 valence electrons. The Hall–Kier alpha value is -3.41. The van der Waals surface area contributed by atoms with Crippen LogP contribution in [0.2, 0.25) is 0 Å². The number of anilines is 2. The van der Waals surface area contributed by atoms with Crippen molar-refractivity contribution >= 4 is 29.1 Å². The van der Waals surface area contributed by atoms with Crippen LogP contribution in [0.5, 0.6) is 5.75 Å². The average molecular weight is 388 g/mol. The highest BCUT2D eigenvalue weighted by Gasteiger charge is 2.59. The van der Waals surface area contributed by atoms with Crippen molar-refractivity contribution in [3.05, 3.63) is 66.2 Å². The number of nitrogens with zero attached hydrogens (tertiary/aromatic N) is 1. The number of rotatable bonds is 4. The summed E-state index contributed by atoms with van der Waals surface area (Å²) in [6.07, 6.45) is 5.06. The van der Waals surface area contributed by atoms with Crippen molar-refractivity contribution < 1.29 is 19.1 Å². The van der Waals surface area contributed by atoms with Crippen molar-refractivity contribution in [2.45, 2.75) is 6.42 Å². The van der Waals surface area contributed by atoms with E-state index in [-0.39, 0.29) is 41.4 Å². The van der Waals surface area contributed by atoms with E-state index in [0.29, 0.717) is 22.7 Å². The molecule has 5 rings (SSSR count). The van der Waals surface area contributed by atoms with Gasteiger partial charge in [0.15, 0.2) is 0 Å². The molecular formula is C23H20N2O4. The van der Waals surface area contributed by atoms with E-state index < -0.39 is 0 Å². The molecule has 2 fully saturated rings. The second kappa shape index (κ2) is 6.58. The van der Waals surface area contributed by atoms with Crippen molar-refractivity contribution in [2.75, 3.05) is 17.3 Å². The van der Waals surface area contributed by atoms with Crippen LogP contribution in [0, 0.1) is 23.7 Å². The Bertz CT molecular complexity index is 996. The second-order valence-corrected chi connectivity index (χ2v) is 7.74. The number of fused-ring (bicyclic) bond motifs is 5. The lowest BCUT2D eigenvalue weighted by Crippen LogP contribution is -2.32. The van der Waals surface area contributed by atoms with E-state index in [9.17, 15) is 14.4 Å². The van der Waals surface area contributed by atoms with Crippen molar-refractivity contribution in [1.82, 2.24) is 0 Å². The molecule has 2 bridgehead atoms. The molecule has 0 unspecified atom stereocenters. The normalized spacial score (nSPS) is 26.7. The molecule has 2 aromatic rings. The highest BCUT2D eigenvalue weighted by atomic mass is 16.5. The number of carbonyl (C=O) groups excluding carboxylic acids is 3. The van der Waals surface area contributed by atoms with E-state index in [2.05, 4.69) is 17.5 Å². The molecule has 3 amide bonds. The lowest BCUT2D eigenvalue weighted by atomic mass is 9.85. The Morgan fingerprint density at radius 1 is 0.931 bits per heavy atom. The molecule has 0 spiro atoms. The van der Waals surface area contributed by atoms with E-state index in [1.165, 1.54) is 4.90 Å². The lowest BCUT2D eigenvalue weighted by molar-refractivity contribution is -0.123. The Morgan fingerprint density at radius 2 is 1.52 bits per heavy atom. The Labute approximate surface area is 168 Å². The van der Waals surface area contributed by atoms with Crippen molar-refractivity contribution in [3.63, 3.8) is 0 Å². The van der Waals surface area contributed by atoms with Crippen LogP contribution in [0.15, 0.2) is 60.7 Å². The summed E-state index contributed by atoms with van der Waals surface area (Å²) in [5, 5.41) is 2.82. The zero-order valence-electron chi connectivity index (χ0n) is 15.9. The third-order valence-electron chi connectivity index (χ3n) is 6.21. The van der Waals surface area contributed by atoms with Gasteiger partial charge in [0.1, 0.15) is 5.75 Å². The number of imide groups is 1. The third kappa shape index (κ3) is 2.75. The molecule has 1 aliphatic heterocycles. The summed E-state index contributed by atoms with van der Waals surface area (Å²) in [5.41, 5.74) is 1.63. The van der Waals surface area contributed by atoms with Crippen LogP contribution in [-0.4, -0.2) is 24.8 Å². The predicted octanol–water partition coefficient (Wildman–Crippen LogP) is 3.26. The quantitative estimate of drug-likeness (QED) is 0.644. The smallest absolute Gasteiger partial charge is 0.255 e. The zero-order chi connectivity index (χ0) is 20.1. The topological polar surface area (TPSA) is 75.7 Å². The monoisotopic (exact) mass is 388 g/mol. The van der Waals surface area contributed by atoms with E-state index in [1.54, 1.807) is 55.6 Å². The molecule has 3 aliphatic rings. The highest BCUT2D eigenvalue weighted by Crippen LogP contribution is 2.53. The molecule has 0 aromatic heterocycles. The van der Waals surface area contributed by atoms with Gasteiger partial charge in [-0.05, 0) is 66.8 Å². The second-order valence-electron chi connectivity index (χ2n) is 7.74. The molecule has 6 heteroatoms. The molecule has 2 aromatic carbocycles. The highest BCUT2D eigenvalue weighted by molar-refractivity contribution is 6.23. The van der Waals surface area contributed by atoms with Gasteiger partial charge in [0.25, 0.3) is 5.91 Å². The van der Waals surface area contributed by atoms with Gasteiger partial charge in [-0.25, -0.2) is 0 Å². The first-order valence-electron chi connectivity index (χ1n) is 9.68. The van der Waals surface area contributed by atoms with Gasteiger partial charge in [-0.3, -0.25) is 19.3 Å². The first-order chi connectivity index (χ1) is 14.1. The third-order valence-corrected chi connectivity index (χ3v) is 6.21. The SMILES string of the molecule is COc1ccc(NC(=O)c2ccc(N3C(=O)[C@H]4[C@H](C3=O)[C@H]3C=C[C@H]4C3)cc2)cc1. The molecule has 6 nitrogen and oxygen atoms in total. The molecule has 1 heterocycles. The van der Waals surface area contributed by atoms with E-state index in [4.69, 9.17) is 4.74 Å². The Morgan fingerprint density at radius 3 is 2.07 bits per heavy atom. The fraction of sp³-hybridized carbons (Fsp3) is 0.261. The molecular weight excluding hydrogens is 368 g/mol. The summed E-state index contributed by atoms with van der Waals surface area (Å²) >= 11 is 0. The minimum Gasteiger partial charge on any atom is -0.497 e. The molecule has 1 saturated carbocycles. The fourth-order valence-corrected chi connectivity index (χ4v) is 4.80. The Balaban J connectivity index is 1.32. The summed E-state index contributed by atoms with van der Waals surface area (Å²) in [4.78, 5) is 39.5. The Kier molecular flexibility index (Phi) is 4.01. The lowest BCUT2D eigenvalue weighted by Gasteiger charge is -2.17. The molecule has 2 aliphatic carbocycles. The van der Waals surface area contributed by atoms with Gasteiger partial charge in [0.2, 0.25) is 11.8 Å². The summed E-state index contributed by atoms with van der Waals surface area (Å²) in [6, 6.07) is 13.6. The van der Waals surface area contributed by atoms with Crippen LogP contribution in [0.25, 0.3) is 0 Å². The van der Waals surface area contributed by atoms with Gasteiger partial charge in [-0.15, -0.1) is 0 Å². The van der Waals surface area contributed by atoms with Gasteiger partial charge in [0.05, 0.1) is 24.6 Å². The average Bonchev–Trinajstić information content (AvgIpc) is 3.42. The zero-order valence-corrected chi connectivity index (χ0v) is 15.9. The maximum absolute atomic E-state index is 12.9. The van der Waals surface area contributed by atoms with Crippen LogP contribution in [0.4, 0.5) is 11.4 Å². The number of hydrogen-bond donors (Lipinski definition) is 1. The fourth-order valence-electron chi connectivity index (χ4n) is 4.80. The van der Waals surface area contributed by atoms with Crippen molar-refractivity contribution in [2.24, 2.45) is 23.7 Å². The minimum atomic E-state index is -0.264. The number of nitrogens with one attached hydrogen (secondary N) is 1. The van der Waals surface area contributed by atoms with E-state index in [0.717, 1.165) is 6.42 Å². The van der Waals surface area contributed by atoms with E-state index >= 15 is 0 Å². The standard InChI is InChI=1S/C23H20N2O4/c1-29-18-10-6-16(7-11-18)24-21(26)13-4-8-17(9-5-13)25-22(27)19-14-2-3-15(12-14)20(19)23(25)28/h2-11,14-15,19-20H,12H2,1H3,(H,24,26)/t14-,15-,19+,20+/m0/s1. The van der Waals surface area contributed by atoms with Gasteiger partial charge >= 0.3 is 0 Å². The molecule has 1 saturated heterocycles. The van der Waals surface area contributed by atoms with Crippen LogP contribution in [0.1, 0.15) is 16.8 Å². The maximum Gasteiger partial charge on any atom is 0.255 e. The van der Waals surface area contributed by atoms with Crippen LogP contribution in [0.3, 0.4) is 0 Å². The number of hydrogen-bond acceptors (Lipinski definition) is 4. The maximum atomic E-state index is 12.9. The largest absolute Gasteiger partial charge is 0.497 e. The summed E-state index contributed by atoms with van der Waals surface area (Å²) in [6.45, 7) is 0. The van der Waals surface area contributed by atoms with Gasteiger partial charge in [-0.2, -0.15) is 0 Å². The van der Waals surface area contributed by atoms with Crippen LogP contribution in [-0.2, 0) is 9.59 Å². The first-order valence-corrected chi connectivity index (χ1v) is 9.68. The summed E-state index contributed by atoms with van der Waals surface area (Å²) in [7, 11) is 1.58. The summed E-state index contributed by atoms with van der Waals surface area (Å²) in [5.74, 6) is 0.119. The summed E-state index contributed by atoms with van der Waals surface area (Å²) < 4.78 is 5.11. The number of ether oxygens (including phenoxy) is 1. The predicted molar refractivity (Wildman–Crippen MR) is 108 cm³/mol. The van der Waals surface area contributed by atoms with Crippen molar-refractivity contribution in [3.8, 4) is 5.75 Å². The van der Waals surface area contributed by atoms with Gasteiger partial charge < -0.3 is 10.1 Å². The van der Waals surface area contributed by atoms with Gasteiger partial charge in [0, 0.05) is 11.3 Å². The van der Waals surface area contributed by atoms with Crippen LogP contribution < -0.4 is 15.0 Å². The number of amides is 3. The molecule has 4 atom stereocenters.